The molecule has 0 amide bonds. The van der Waals surface area contributed by atoms with Crippen LogP contribution in [0.3, 0.4) is 0 Å². The fourth-order valence-corrected chi connectivity index (χ4v) is 3.91. The Morgan fingerprint density at radius 2 is 1.55 bits per heavy atom. The van der Waals surface area contributed by atoms with E-state index in [1.807, 2.05) is 0 Å². The van der Waals surface area contributed by atoms with Crippen molar-refractivity contribution in [2.24, 2.45) is 5.92 Å². The summed E-state index contributed by atoms with van der Waals surface area (Å²) < 4.78 is 0. The van der Waals surface area contributed by atoms with Crippen molar-refractivity contribution < 1.29 is 0 Å². The number of fused-ring (bicyclic) bond motifs is 1. The monoisotopic (exact) mass is 332 g/mol. The molecule has 0 spiro atoms. The number of hydrogen-bond acceptors (Lipinski definition) is 0. The van der Waals surface area contributed by atoms with E-state index in [0.29, 0.717) is 4.83 Å². The standard InChI is InChI=1S/C19H25Br/c1-3-7-17(8-4-2)19(20)14-15-11-12-16-9-5-6-10-18(16)13-15/h5-6,9-13,17,19H,3-4,7-8,14H2,1-2H3. The van der Waals surface area contributed by atoms with E-state index >= 15 is 0 Å². The van der Waals surface area contributed by atoms with Crippen LogP contribution in [-0.4, -0.2) is 4.83 Å². The van der Waals surface area contributed by atoms with E-state index in [0.717, 1.165) is 12.3 Å². The van der Waals surface area contributed by atoms with E-state index in [4.69, 9.17) is 0 Å². The highest BCUT2D eigenvalue weighted by Crippen LogP contribution is 2.27. The predicted molar refractivity (Wildman–Crippen MR) is 93.7 cm³/mol. The van der Waals surface area contributed by atoms with E-state index in [2.05, 4.69) is 72.2 Å². The van der Waals surface area contributed by atoms with Crippen molar-refractivity contribution in [3.05, 3.63) is 48.0 Å². The summed E-state index contributed by atoms with van der Waals surface area (Å²) in [4.78, 5) is 0.601. The summed E-state index contributed by atoms with van der Waals surface area (Å²) in [5.41, 5.74) is 1.45. The van der Waals surface area contributed by atoms with Crippen molar-refractivity contribution in [1.29, 1.82) is 0 Å². The molecule has 0 bridgehead atoms. The second kappa shape index (κ2) is 7.83. The van der Waals surface area contributed by atoms with Crippen molar-refractivity contribution in [3.8, 4) is 0 Å². The zero-order valence-electron chi connectivity index (χ0n) is 12.6. The molecule has 0 heterocycles. The molecule has 1 unspecified atom stereocenters. The van der Waals surface area contributed by atoms with Gasteiger partial charge >= 0.3 is 0 Å². The Labute approximate surface area is 131 Å². The first kappa shape index (κ1) is 15.6. The molecule has 0 nitrogen and oxygen atoms in total. The minimum Gasteiger partial charge on any atom is -0.0884 e. The summed E-state index contributed by atoms with van der Waals surface area (Å²) >= 11 is 3.95. The normalized spacial score (nSPS) is 13.0. The molecule has 0 radical (unpaired) electrons. The molecule has 0 saturated heterocycles. The molecule has 0 aliphatic rings. The highest BCUT2D eigenvalue weighted by molar-refractivity contribution is 9.09. The van der Waals surface area contributed by atoms with Gasteiger partial charge in [0.05, 0.1) is 0 Å². The Morgan fingerprint density at radius 1 is 0.900 bits per heavy atom. The van der Waals surface area contributed by atoms with Crippen LogP contribution in [-0.2, 0) is 6.42 Å². The SMILES string of the molecule is CCCC(CCC)C(Br)Cc1ccc2ccccc2c1. The lowest BCUT2D eigenvalue weighted by atomic mass is 9.91. The average Bonchev–Trinajstić information content (AvgIpc) is 2.47. The molecule has 0 aliphatic carbocycles. The molecular formula is C19H25Br. The molecular weight excluding hydrogens is 308 g/mol. The Hall–Kier alpha value is -0.820. The average molecular weight is 333 g/mol. The molecule has 1 heteroatoms. The summed E-state index contributed by atoms with van der Waals surface area (Å²) in [5, 5.41) is 2.69. The van der Waals surface area contributed by atoms with E-state index in [1.165, 1.54) is 42.0 Å². The van der Waals surface area contributed by atoms with Gasteiger partial charge in [0.15, 0.2) is 0 Å². The molecule has 0 aliphatic heterocycles. The predicted octanol–water partition coefficient (Wildman–Crippen LogP) is 6.36. The third-order valence-electron chi connectivity index (χ3n) is 4.08. The third kappa shape index (κ3) is 4.09. The number of halogens is 1. The second-order valence-corrected chi connectivity index (χ2v) is 6.92. The zero-order valence-corrected chi connectivity index (χ0v) is 14.2. The van der Waals surface area contributed by atoms with Gasteiger partial charge in [-0.25, -0.2) is 0 Å². The maximum atomic E-state index is 3.95. The highest BCUT2D eigenvalue weighted by atomic mass is 79.9. The lowest BCUT2D eigenvalue weighted by Crippen LogP contribution is -2.17. The van der Waals surface area contributed by atoms with Gasteiger partial charge in [-0.2, -0.15) is 0 Å². The van der Waals surface area contributed by atoms with Crippen LogP contribution in [0.4, 0.5) is 0 Å². The Morgan fingerprint density at radius 3 is 2.20 bits per heavy atom. The van der Waals surface area contributed by atoms with Crippen molar-refractivity contribution in [2.45, 2.75) is 50.8 Å². The summed E-state index contributed by atoms with van der Waals surface area (Å²) in [5.74, 6) is 0.802. The van der Waals surface area contributed by atoms with Gasteiger partial charge < -0.3 is 0 Å². The minimum absolute atomic E-state index is 0.601. The molecule has 1 atom stereocenters. The van der Waals surface area contributed by atoms with Crippen LogP contribution >= 0.6 is 15.9 Å². The molecule has 20 heavy (non-hydrogen) atoms. The van der Waals surface area contributed by atoms with Crippen LogP contribution < -0.4 is 0 Å². The van der Waals surface area contributed by atoms with Gasteiger partial charge in [-0.3, -0.25) is 0 Å². The fourth-order valence-electron chi connectivity index (χ4n) is 3.01. The topological polar surface area (TPSA) is 0 Å². The summed E-state index contributed by atoms with van der Waals surface area (Å²) in [6, 6.07) is 15.5. The van der Waals surface area contributed by atoms with Gasteiger partial charge in [0.25, 0.3) is 0 Å². The van der Waals surface area contributed by atoms with Crippen LogP contribution in [0.5, 0.6) is 0 Å². The Balaban J connectivity index is 2.09. The van der Waals surface area contributed by atoms with Crippen LogP contribution in [0.2, 0.25) is 0 Å². The molecule has 0 N–H and O–H groups in total. The molecule has 0 saturated carbocycles. The van der Waals surface area contributed by atoms with Crippen LogP contribution in [0.25, 0.3) is 10.8 Å². The Bertz CT molecular complexity index is 526. The largest absolute Gasteiger partial charge is 0.0884 e. The van der Waals surface area contributed by atoms with E-state index in [1.54, 1.807) is 0 Å². The summed E-state index contributed by atoms with van der Waals surface area (Å²) in [6.07, 6.45) is 6.36. The lowest BCUT2D eigenvalue weighted by Gasteiger charge is -2.22. The molecule has 108 valence electrons. The highest BCUT2D eigenvalue weighted by Gasteiger charge is 2.17. The van der Waals surface area contributed by atoms with Crippen LogP contribution in [0, 0.1) is 5.92 Å². The number of alkyl halides is 1. The van der Waals surface area contributed by atoms with Crippen molar-refractivity contribution >= 4 is 26.7 Å². The molecule has 2 rings (SSSR count). The first-order chi connectivity index (χ1) is 9.74. The minimum atomic E-state index is 0.601. The lowest BCUT2D eigenvalue weighted by molar-refractivity contribution is 0.427. The number of benzene rings is 2. The van der Waals surface area contributed by atoms with Gasteiger partial charge in [-0.05, 0) is 41.5 Å². The number of hydrogen-bond donors (Lipinski definition) is 0. The van der Waals surface area contributed by atoms with E-state index in [9.17, 15) is 0 Å². The molecule has 0 aromatic heterocycles. The number of rotatable bonds is 7. The van der Waals surface area contributed by atoms with Crippen LogP contribution in [0.15, 0.2) is 42.5 Å². The Kier molecular flexibility index (Phi) is 6.09. The van der Waals surface area contributed by atoms with Gasteiger partial charge in [0.2, 0.25) is 0 Å². The van der Waals surface area contributed by atoms with Crippen molar-refractivity contribution in [1.82, 2.24) is 0 Å². The molecule has 2 aromatic carbocycles. The third-order valence-corrected chi connectivity index (χ3v) is 5.15. The van der Waals surface area contributed by atoms with E-state index in [-0.39, 0.29) is 0 Å². The van der Waals surface area contributed by atoms with Crippen LogP contribution in [0.1, 0.15) is 45.1 Å². The quantitative estimate of drug-likeness (QED) is 0.517. The summed E-state index contributed by atoms with van der Waals surface area (Å²) in [6.45, 7) is 4.58. The first-order valence-corrected chi connectivity index (χ1v) is 8.78. The van der Waals surface area contributed by atoms with Gasteiger partial charge in [-0.15, -0.1) is 0 Å². The first-order valence-electron chi connectivity index (χ1n) is 7.86. The van der Waals surface area contributed by atoms with Gasteiger partial charge in [-0.1, -0.05) is 85.1 Å². The molecule has 2 aromatic rings. The van der Waals surface area contributed by atoms with Crippen molar-refractivity contribution in [3.63, 3.8) is 0 Å². The van der Waals surface area contributed by atoms with Gasteiger partial charge in [0.1, 0.15) is 0 Å². The van der Waals surface area contributed by atoms with Crippen molar-refractivity contribution in [2.75, 3.05) is 0 Å². The zero-order chi connectivity index (χ0) is 14.4. The maximum Gasteiger partial charge on any atom is 0.0214 e. The fraction of sp³-hybridized carbons (Fsp3) is 0.474. The van der Waals surface area contributed by atoms with E-state index < -0.39 is 0 Å². The smallest absolute Gasteiger partial charge is 0.0214 e. The maximum absolute atomic E-state index is 3.95. The summed E-state index contributed by atoms with van der Waals surface area (Å²) in [7, 11) is 0. The molecule has 0 fully saturated rings. The van der Waals surface area contributed by atoms with Gasteiger partial charge in [0, 0.05) is 4.83 Å². The second-order valence-electron chi connectivity index (χ2n) is 5.74.